The van der Waals surface area contributed by atoms with Crippen molar-refractivity contribution in [2.45, 2.75) is 259 Å². The lowest BCUT2D eigenvalue weighted by Crippen LogP contribution is -2.40. The summed E-state index contributed by atoms with van der Waals surface area (Å²) in [7, 11) is -7.55. The van der Waals surface area contributed by atoms with E-state index in [1.165, 1.54) is 271 Å². The maximum Gasteiger partial charge on any atom is 0.305 e. The monoisotopic (exact) mass is 2350 g/mol. The molecule has 6 heterocycles. The fourth-order valence-corrected chi connectivity index (χ4v) is 29.2. The number of nitrogens with one attached hydrogen (secondary N) is 3. The van der Waals surface area contributed by atoms with Gasteiger partial charge in [0.1, 0.15) is 0 Å². The zero-order valence-corrected chi connectivity index (χ0v) is 94.7. The summed E-state index contributed by atoms with van der Waals surface area (Å²) in [5, 5.41) is 24.7. The Labute approximate surface area is 913 Å². The van der Waals surface area contributed by atoms with Crippen molar-refractivity contribution in [3.63, 3.8) is 0 Å². The Balaban J connectivity index is 0.000000121. The first kappa shape index (κ1) is 107. The number of sulfonamides is 2. The molecule has 0 unspecified atom stereocenters. The Bertz CT molecular complexity index is 6970. The molecular formula is C119H130Br5ClN12O8S2. The molecule has 5 spiro atoms. The fourth-order valence-electron chi connectivity index (χ4n) is 25.7. The summed E-state index contributed by atoms with van der Waals surface area (Å²) in [4.78, 5) is 47.8. The van der Waals surface area contributed by atoms with Crippen molar-refractivity contribution >= 4 is 186 Å². The van der Waals surface area contributed by atoms with Gasteiger partial charge in [-0.1, -0.05) is 271 Å². The third-order valence-electron chi connectivity index (χ3n) is 32.4. The molecule has 12 aromatic rings. The highest BCUT2D eigenvalue weighted by atomic mass is 79.9. The van der Waals surface area contributed by atoms with Crippen LogP contribution in [0, 0.1) is 33.1 Å². The number of carboxylic acid groups (broad SMARTS) is 1. The van der Waals surface area contributed by atoms with E-state index in [0.29, 0.717) is 31.7 Å². The molecule has 0 atom stereocenters. The number of aryl methyl sites for hydroxylation is 4. The third-order valence-corrected chi connectivity index (χ3v) is 37.1. The molecule has 10 aliphatic rings. The third kappa shape index (κ3) is 22.3. The number of carboxylic acids is 1. The minimum absolute atomic E-state index is 0.00227. The number of fused-ring (bicyclic) bond motifs is 20. The topological polar surface area (TPSA) is 260 Å². The highest BCUT2D eigenvalue weighted by Gasteiger charge is 2.51. The Hall–Kier alpha value is -9.99. The summed E-state index contributed by atoms with van der Waals surface area (Å²) >= 11 is 24.9. The van der Waals surface area contributed by atoms with Crippen LogP contribution in [0.3, 0.4) is 0 Å². The van der Waals surface area contributed by atoms with Crippen LogP contribution < -0.4 is 39.7 Å². The maximum atomic E-state index is 12.9. The number of amides is 2. The Morgan fingerprint density at radius 3 is 1.04 bits per heavy atom. The number of rotatable bonds is 19. The maximum absolute atomic E-state index is 12.9. The molecule has 768 valence electrons. The smallest absolute Gasteiger partial charge is 0.305 e. The van der Waals surface area contributed by atoms with Crippen LogP contribution >= 0.6 is 91.3 Å². The van der Waals surface area contributed by atoms with Crippen LogP contribution in [0.5, 0.6) is 0 Å². The van der Waals surface area contributed by atoms with Gasteiger partial charge < -0.3 is 35.3 Å². The lowest BCUT2D eigenvalue weighted by atomic mass is 9.62. The van der Waals surface area contributed by atoms with E-state index in [-0.39, 0.29) is 51.2 Å². The van der Waals surface area contributed by atoms with Crippen LogP contribution in [0.2, 0.25) is 5.02 Å². The van der Waals surface area contributed by atoms with Gasteiger partial charge in [0.15, 0.2) is 5.82 Å². The van der Waals surface area contributed by atoms with E-state index in [1.54, 1.807) is 0 Å². The zero-order valence-electron chi connectivity index (χ0n) is 84.4. The van der Waals surface area contributed by atoms with Crippen molar-refractivity contribution in [3.05, 3.63) is 323 Å². The fraction of sp³-hybridized carbons (Fsp3) is 0.395. The highest BCUT2D eigenvalue weighted by molar-refractivity contribution is 9.11. The van der Waals surface area contributed by atoms with Crippen molar-refractivity contribution in [2.24, 2.45) is 5.73 Å². The Kier molecular flexibility index (Phi) is 33.2. The molecular weight excluding hydrogens is 2220 g/mol. The average molecular weight is 2360 g/mol. The lowest BCUT2D eigenvalue weighted by Gasteiger charge is -2.48. The van der Waals surface area contributed by atoms with Gasteiger partial charge in [-0.15, -0.1) is 16.6 Å². The van der Waals surface area contributed by atoms with Crippen LogP contribution in [0.25, 0.3) is 0 Å². The predicted molar refractivity (Wildman–Crippen MR) is 612 cm³/mol. The first-order valence-electron chi connectivity index (χ1n) is 52.2. The summed E-state index contributed by atoms with van der Waals surface area (Å²) in [5.74, 6) is 1.41. The van der Waals surface area contributed by atoms with E-state index in [1.807, 2.05) is 24.3 Å². The number of halogens is 6. The van der Waals surface area contributed by atoms with Gasteiger partial charge in [0.2, 0.25) is 21.8 Å². The van der Waals surface area contributed by atoms with Gasteiger partial charge in [-0.25, -0.2) is 21.6 Å². The summed E-state index contributed by atoms with van der Waals surface area (Å²) in [5.41, 5.74) is 37.8. The molecule has 22 rings (SSSR count). The van der Waals surface area contributed by atoms with Crippen molar-refractivity contribution in [1.82, 2.24) is 30.1 Å². The summed E-state index contributed by atoms with van der Waals surface area (Å²) < 4.78 is 58.0. The molecule has 0 radical (unpaired) electrons. The molecule has 11 aromatic carbocycles. The number of nitrogens with two attached hydrogens (primary N) is 1. The Morgan fingerprint density at radius 1 is 0.408 bits per heavy atom. The number of aromatic nitrogens is 4. The second-order valence-corrected chi connectivity index (χ2v) is 50.0. The van der Waals surface area contributed by atoms with Gasteiger partial charge in [-0.05, 0) is 323 Å². The minimum atomic E-state index is -3.99. The number of anilines is 10. The normalized spacial score (nSPS) is 17.2. The van der Waals surface area contributed by atoms with Crippen molar-refractivity contribution < 1.29 is 36.3 Å². The Morgan fingerprint density at radius 2 is 0.714 bits per heavy atom. The number of aliphatic carboxylic acids is 1. The molecule has 5 aliphatic heterocycles. The van der Waals surface area contributed by atoms with Gasteiger partial charge in [0.25, 0.3) is 10.0 Å². The van der Waals surface area contributed by atoms with E-state index in [0.717, 1.165) is 120 Å². The van der Waals surface area contributed by atoms with Crippen molar-refractivity contribution in [3.8, 4) is 12.3 Å². The number of carbonyl (C=O) groups is 3. The van der Waals surface area contributed by atoms with E-state index in [2.05, 4.69) is 326 Å². The number of tetrazole rings is 1. The standard InChI is InChI=1S/C29H26Br2N2O3S.C23H26BrN5.C23H27BrN2O3S.C22H24BrNO2.C22H27ClN2/c1-2-20-6-10-23(11-7-20)37(35,36)32-28(34)14-17-33-26-12-8-21(30)18-24(26)29(15-4-3-5-16-29)25-19-22(31)9-13-27(25)33;1-2-16-6-8-20-18(14-16)23(11-4-3-5-12-23)19-15-17(24)7-9-21(19)29(20)13-10-22-25-27-28-26-22;1-16-6-8-20-18(14-16)23(11-4-3-5-12-23)19-15-17(24)7-9-21(19)26(20)13-10-22(27)25-30(2,28)29;1-15-5-7-19-17(13-15)22(10-3-2-4-11-22)18-14-16(23)6-8-20(18)24(19)12-9-21(25)26;1-16-6-8-20-18(14-16)22(10-3-2-4-11-22)19-15-17(23)7-9-21(19)25(20)13-5-12-24/h1,6-13,18-19H,3-5,14-17H2,(H,32,34);6-9,14-15H,2-5,10-13H2,1H3,(H,25,26,27,28);6-9,14-15H,3-5,10-13H2,1-2H3,(H,25,27);5-8,13-14H,2-4,9-12H2,1H3,(H,25,26);6-9,14-15H,2-5,10-13,24H2,1H3. The molecule has 5 fully saturated rings. The first-order valence-corrected chi connectivity index (χ1v) is 59.9. The minimum Gasteiger partial charge on any atom is -0.481 e. The molecule has 0 saturated heterocycles. The number of hydrogen-bond acceptors (Lipinski definition) is 16. The number of benzene rings is 11. The van der Waals surface area contributed by atoms with Crippen LogP contribution in [-0.2, 0) is 74.3 Å². The highest BCUT2D eigenvalue weighted by Crippen LogP contribution is 2.63. The molecule has 6 N–H and O–H groups in total. The van der Waals surface area contributed by atoms with Gasteiger partial charge in [0, 0.05) is 169 Å². The largest absolute Gasteiger partial charge is 0.481 e. The number of hydrogen-bond donors (Lipinski definition) is 5. The van der Waals surface area contributed by atoms with E-state index < -0.39 is 37.8 Å². The molecule has 147 heavy (non-hydrogen) atoms. The van der Waals surface area contributed by atoms with Gasteiger partial charge in [-0.2, -0.15) is 5.21 Å². The molecule has 28 heteroatoms. The van der Waals surface area contributed by atoms with Gasteiger partial charge in [0.05, 0.1) is 17.6 Å². The average Bonchev–Trinajstić information content (AvgIpc) is 1.74. The van der Waals surface area contributed by atoms with E-state index in [4.69, 9.17) is 23.8 Å². The number of terminal acetylenes is 1. The van der Waals surface area contributed by atoms with Crippen LogP contribution in [0.15, 0.2) is 234 Å². The first-order chi connectivity index (χ1) is 70.8. The summed E-state index contributed by atoms with van der Waals surface area (Å²) in [6.07, 6.45) is 39.9. The molecule has 0 bridgehead atoms. The SMILES string of the molecule is C#Cc1ccc(S(=O)(=O)NC(=O)CCN2c3ccc(Br)cc3C3(CCCCC3)c3cc(Br)ccc32)cc1.CCc1ccc2c(c1)C1(CCCCC1)c1cc(Br)ccc1N2CCc1nn[nH]n1.Cc1ccc2c(c1)C1(CCCCC1)c1cc(Br)ccc1N2CCC(=O)NS(C)(=O)=O.Cc1ccc2c(c1)C1(CCCCC1)c1cc(Br)ccc1N2CCC(=O)O.Cc1ccc2c(c1)C1(CCCCC1)c1cc(Cl)ccc1N2CCCN. The number of H-pyrrole nitrogens is 1. The van der Waals surface area contributed by atoms with Crippen molar-refractivity contribution in [2.75, 3.05) is 70.0 Å². The number of nitrogens with zero attached hydrogens (tertiary/aromatic N) is 8. The van der Waals surface area contributed by atoms with E-state index >= 15 is 0 Å². The number of carbonyl (C=O) groups excluding carboxylic acids is 2. The molecule has 5 aliphatic carbocycles. The van der Waals surface area contributed by atoms with E-state index in [9.17, 15) is 36.3 Å². The zero-order chi connectivity index (χ0) is 103. The lowest BCUT2D eigenvalue weighted by molar-refractivity contribution is -0.136. The summed E-state index contributed by atoms with van der Waals surface area (Å²) in [6.45, 7) is 12.5. The second kappa shape index (κ2) is 45.7. The van der Waals surface area contributed by atoms with Gasteiger partial charge >= 0.3 is 5.97 Å². The molecule has 5 saturated carbocycles. The van der Waals surface area contributed by atoms with Crippen LogP contribution in [-0.4, -0.2) is 106 Å². The molecule has 1 aromatic heterocycles. The quantitative estimate of drug-likeness (QED) is 0.0471. The van der Waals surface area contributed by atoms with Crippen LogP contribution in [0.1, 0.15) is 282 Å². The second-order valence-electron chi connectivity index (χ2n) is 41.6. The van der Waals surface area contributed by atoms with Crippen LogP contribution in [0.4, 0.5) is 56.9 Å². The predicted octanol–water partition coefficient (Wildman–Crippen LogP) is 28.8. The molecule has 2 amide bonds. The summed E-state index contributed by atoms with van der Waals surface area (Å²) in [6, 6.07) is 72.0. The van der Waals surface area contributed by atoms with Crippen molar-refractivity contribution in [1.29, 1.82) is 0 Å². The number of aromatic amines is 1. The molecule has 20 nitrogen and oxygen atoms in total. The van der Waals surface area contributed by atoms with Gasteiger partial charge in [-0.3, -0.25) is 19.1 Å².